The van der Waals surface area contributed by atoms with Gasteiger partial charge in [-0.2, -0.15) is 13.2 Å². The third-order valence-corrected chi connectivity index (χ3v) is 6.75. The SMILES string of the molecule is [2H]C([2H])(O/N=C(\C)c1ccc(CN2CCC2)c(C([2H])([2H])C([2H])([2H])[2H])c1)c1ccc(C2CCCCC2)c(C(F)(F)F)c1. The van der Waals surface area contributed by atoms with Gasteiger partial charge in [-0.3, -0.25) is 4.90 Å². The summed E-state index contributed by atoms with van der Waals surface area (Å²) in [5, 5.41) is 3.84. The molecule has 4 rings (SSSR count). The third-order valence-electron chi connectivity index (χ3n) is 6.75. The summed E-state index contributed by atoms with van der Waals surface area (Å²) in [7, 11) is 0. The van der Waals surface area contributed by atoms with E-state index < -0.39 is 31.5 Å². The maximum absolute atomic E-state index is 14.0. The average molecular weight is 480 g/mol. The van der Waals surface area contributed by atoms with Crippen molar-refractivity contribution in [3.8, 4) is 0 Å². The number of nitrogens with zero attached hydrogens (tertiary/aromatic N) is 2. The monoisotopic (exact) mass is 479 g/mol. The maximum Gasteiger partial charge on any atom is 0.416 e. The molecule has 34 heavy (non-hydrogen) atoms. The van der Waals surface area contributed by atoms with Crippen LogP contribution in [0.15, 0.2) is 41.6 Å². The molecule has 0 bridgehead atoms. The maximum atomic E-state index is 14.0. The second-order valence-electron chi connectivity index (χ2n) is 9.13. The van der Waals surface area contributed by atoms with E-state index in [4.69, 9.17) is 14.4 Å². The zero-order valence-corrected chi connectivity index (χ0v) is 19.3. The third kappa shape index (κ3) is 6.01. The molecule has 0 N–H and O–H groups in total. The Balaban J connectivity index is 1.62. The molecule has 0 atom stereocenters. The van der Waals surface area contributed by atoms with Crippen LogP contribution in [0.5, 0.6) is 0 Å². The largest absolute Gasteiger partial charge is 0.416 e. The van der Waals surface area contributed by atoms with Crippen LogP contribution in [0.25, 0.3) is 0 Å². The first-order valence-corrected chi connectivity index (χ1v) is 11.8. The van der Waals surface area contributed by atoms with E-state index >= 15 is 0 Å². The number of hydrogen-bond donors (Lipinski definition) is 0. The topological polar surface area (TPSA) is 24.8 Å². The van der Waals surface area contributed by atoms with E-state index in [-0.39, 0.29) is 28.3 Å². The van der Waals surface area contributed by atoms with Gasteiger partial charge in [0.15, 0.2) is 0 Å². The fourth-order valence-electron chi connectivity index (χ4n) is 4.67. The molecule has 1 aliphatic carbocycles. The first-order valence-electron chi connectivity index (χ1n) is 15.3. The molecular formula is C28H35F3N2O. The summed E-state index contributed by atoms with van der Waals surface area (Å²) in [6.07, 6.45) is -2.28. The Morgan fingerprint density at radius 3 is 2.56 bits per heavy atom. The lowest BCUT2D eigenvalue weighted by molar-refractivity contribution is -0.138. The van der Waals surface area contributed by atoms with Crippen molar-refractivity contribution in [1.82, 2.24) is 4.90 Å². The number of likely N-dealkylation sites (tertiary alicyclic amines) is 1. The van der Waals surface area contributed by atoms with Crippen molar-refractivity contribution in [2.24, 2.45) is 5.16 Å². The number of oxime groups is 1. The molecule has 3 nitrogen and oxygen atoms in total. The zero-order valence-electron chi connectivity index (χ0n) is 26.3. The van der Waals surface area contributed by atoms with Crippen LogP contribution < -0.4 is 0 Å². The molecule has 1 heterocycles. The normalized spacial score (nSPS) is 22.4. The van der Waals surface area contributed by atoms with Crippen LogP contribution >= 0.6 is 0 Å². The molecule has 2 aliphatic rings. The molecule has 2 fully saturated rings. The lowest BCUT2D eigenvalue weighted by atomic mass is 9.81. The molecule has 1 saturated carbocycles. The van der Waals surface area contributed by atoms with E-state index in [0.29, 0.717) is 30.5 Å². The molecular weight excluding hydrogens is 437 g/mol. The quantitative estimate of drug-likeness (QED) is 0.290. The number of alkyl halides is 3. The van der Waals surface area contributed by atoms with Crippen molar-refractivity contribution >= 4 is 5.71 Å². The van der Waals surface area contributed by atoms with Crippen LogP contribution in [0, 0.1) is 0 Å². The van der Waals surface area contributed by atoms with Crippen molar-refractivity contribution in [2.75, 3.05) is 13.1 Å². The zero-order chi connectivity index (χ0) is 30.2. The molecule has 6 heteroatoms. The highest BCUT2D eigenvalue weighted by Gasteiger charge is 2.35. The van der Waals surface area contributed by atoms with Gasteiger partial charge >= 0.3 is 6.18 Å². The highest BCUT2D eigenvalue weighted by Crippen LogP contribution is 2.41. The standard InChI is InChI=1S/C28H35F3N2O/c1-3-22-17-24(11-12-25(22)18-33-14-7-15-33)20(2)32-34-19-21-10-13-26(23-8-5-4-6-9-23)27(16-21)28(29,30)31/h10-13,16-17,23H,3-9,14-15,18-19H2,1-2H3/b32-20+/i1D3,3D2,19D2. The summed E-state index contributed by atoms with van der Waals surface area (Å²) in [4.78, 5) is 7.21. The number of hydrogen-bond acceptors (Lipinski definition) is 3. The van der Waals surface area contributed by atoms with Gasteiger partial charge in [-0.25, -0.2) is 0 Å². The van der Waals surface area contributed by atoms with E-state index in [9.17, 15) is 13.2 Å². The van der Waals surface area contributed by atoms with E-state index in [0.717, 1.165) is 44.8 Å². The first-order chi connectivity index (χ1) is 19.0. The second kappa shape index (κ2) is 10.9. The Kier molecular flexibility index (Phi) is 5.52. The lowest BCUT2D eigenvalue weighted by Crippen LogP contribution is -2.36. The predicted molar refractivity (Wildman–Crippen MR) is 130 cm³/mol. The summed E-state index contributed by atoms with van der Waals surface area (Å²) in [6.45, 7) is -2.10. The van der Waals surface area contributed by atoms with Crippen LogP contribution in [0.4, 0.5) is 13.2 Å². The minimum Gasteiger partial charge on any atom is -0.391 e. The summed E-state index contributed by atoms with van der Waals surface area (Å²) in [6, 6.07) is 8.05. The van der Waals surface area contributed by atoms with Crippen LogP contribution in [0.2, 0.25) is 0 Å². The van der Waals surface area contributed by atoms with Gasteiger partial charge in [0, 0.05) is 13.4 Å². The van der Waals surface area contributed by atoms with Gasteiger partial charge in [-0.15, -0.1) is 0 Å². The molecule has 0 unspecified atom stereocenters. The minimum atomic E-state index is -4.66. The van der Waals surface area contributed by atoms with E-state index in [1.165, 1.54) is 25.1 Å². The Labute approximate surface area is 210 Å². The van der Waals surface area contributed by atoms with Gasteiger partial charge < -0.3 is 4.84 Å². The predicted octanol–water partition coefficient (Wildman–Crippen LogP) is 7.46. The number of rotatable bonds is 8. The number of benzene rings is 2. The Morgan fingerprint density at radius 2 is 1.88 bits per heavy atom. The molecule has 1 saturated heterocycles. The number of halogens is 3. The summed E-state index contributed by atoms with van der Waals surface area (Å²) >= 11 is 0. The fraction of sp³-hybridized carbons (Fsp3) is 0.536. The smallest absolute Gasteiger partial charge is 0.391 e. The highest BCUT2D eigenvalue weighted by molar-refractivity contribution is 5.98. The van der Waals surface area contributed by atoms with Gasteiger partial charge in [0.1, 0.15) is 6.56 Å². The van der Waals surface area contributed by atoms with Gasteiger partial charge in [0.05, 0.1) is 14.0 Å². The molecule has 0 aromatic heterocycles. The van der Waals surface area contributed by atoms with Crippen molar-refractivity contribution in [3.63, 3.8) is 0 Å². The average Bonchev–Trinajstić information content (AvgIpc) is 2.88. The molecule has 2 aromatic carbocycles. The summed E-state index contributed by atoms with van der Waals surface area (Å²) < 4.78 is 98.6. The molecule has 184 valence electrons. The van der Waals surface area contributed by atoms with Crippen LogP contribution in [0.3, 0.4) is 0 Å². The van der Waals surface area contributed by atoms with Crippen molar-refractivity contribution in [1.29, 1.82) is 0 Å². The molecule has 1 aliphatic heterocycles. The van der Waals surface area contributed by atoms with Gasteiger partial charge in [0.25, 0.3) is 0 Å². The van der Waals surface area contributed by atoms with Crippen LogP contribution in [-0.2, 0) is 30.5 Å². The van der Waals surface area contributed by atoms with Gasteiger partial charge in [0.2, 0.25) is 0 Å². The molecule has 2 aromatic rings. The highest BCUT2D eigenvalue weighted by atomic mass is 19.4. The van der Waals surface area contributed by atoms with Gasteiger partial charge in [-0.1, -0.05) is 55.5 Å². The van der Waals surface area contributed by atoms with E-state index in [1.54, 1.807) is 12.1 Å². The lowest BCUT2D eigenvalue weighted by Gasteiger charge is -2.31. The van der Waals surface area contributed by atoms with E-state index in [1.807, 2.05) is 0 Å². The Hall–Kier alpha value is -2.34. The van der Waals surface area contributed by atoms with Gasteiger partial charge in [-0.05, 0) is 91.5 Å². The second-order valence-corrected chi connectivity index (χ2v) is 9.13. The van der Waals surface area contributed by atoms with Crippen molar-refractivity contribution < 1.29 is 27.6 Å². The first kappa shape index (κ1) is 17.1. The fourth-order valence-corrected chi connectivity index (χ4v) is 4.67. The molecule has 0 spiro atoms. The van der Waals surface area contributed by atoms with Crippen LogP contribution in [-0.4, -0.2) is 23.7 Å². The Morgan fingerprint density at radius 1 is 1.09 bits per heavy atom. The van der Waals surface area contributed by atoms with Crippen LogP contribution in [0.1, 0.15) is 101 Å². The summed E-state index contributed by atoms with van der Waals surface area (Å²) in [5.74, 6) is -0.226. The molecule has 0 radical (unpaired) electrons. The van der Waals surface area contributed by atoms with E-state index in [2.05, 4.69) is 10.1 Å². The minimum absolute atomic E-state index is 0.0208. The number of aryl methyl sites for hydroxylation is 1. The van der Waals surface area contributed by atoms with Crippen molar-refractivity contribution in [2.45, 2.75) is 83.9 Å². The summed E-state index contributed by atoms with van der Waals surface area (Å²) in [5.41, 5.74) is -0.105. The molecule has 0 amide bonds. The van der Waals surface area contributed by atoms with Crippen molar-refractivity contribution in [3.05, 3.63) is 69.8 Å². The Bertz CT molecular complexity index is 1270.